The Labute approximate surface area is 287 Å². The molecule has 0 aliphatic carbocycles. The van der Waals surface area contributed by atoms with Crippen LogP contribution in [0.1, 0.15) is 5.56 Å². The number of benzene rings is 1. The third kappa shape index (κ3) is 21.2. The molecule has 0 fully saturated rings. The van der Waals surface area contributed by atoms with Gasteiger partial charge in [-0.25, -0.2) is 4.79 Å². The second kappa shape index (κ2) is 30.4. The summed E-state index contributed by atoms with van der Waals surface area (Å²) in [5, 5.41) is 26.7. The van der Waals surface area contributed by atoms with Crippen LogP contribution in [0.2, 0.25) is 0 Å². The second-order valence-corrected chi connectivity index (χ2v) is 3.89. The maximum atomic E-state index is 10.3. The number of aliphatic hydroxyl groups excluding tert-OH is 1. The molecule has 25 heavy (non-hydrogen) atoms. The Morgan fingerprint density at radius 3 is 1.64 bits per heavy atom. The summed E-state index contributed by atoms with van der Waals surface area (Å²) in [5.74, 6) is -0.783. The van der Waals surface area contributed by atoms with Crippen molar-refractivity contribution in [1.29, 1.82) is 0 Å². The molecule has 1 atom stereocenters. The molecule has 1 unspecified atom stereocenters. The van der Waals surface area contributed by atoms with E-state index in [0.717, 1.165) is 0 Å². The minimum Gasteiger partial charge on any atom is -0.715 e. The van der Waals surface area contributed by atoms with Crippen molar-refractivity contribution in [3.05, 3.63) is 46.0 Å². The number of ether oxygens (including phenoxy) is 1. The van der Waals surface area contributed by atoms with Crippen molar-refractivity contribution in [2.45, 2.75) is 12.8 Å². The zero-order chi connectivity index (χ0) is 16.8. The van der Waals surface area contributed by atoms with Crippen molar-refractivity contribution in [3.8, 4) is 0 Å². The van der Waals surface area contributed by atoms with Gasteiger partial charge in [-0.2, -0.15) is 0 Å². The van der Waals surface area contributed by atoms with Crippen LogP contribution < -0.4 is 35.3 Å². The average Bonchev–Trinajstić information content (AvgIpc) is 2.79. The Bertz CT molecular complexity index is 451. The summed E-state index contributed by atoms with van der Waals surface area (Å²) in [6.45, 7) is 0.640. The van der Waals surface area contributed by atoms with Gasteiger partial charge in [0.2, 0.25) is 6.29 Å². The molecule has 1 aliphatic heterocycles. The van der Waals surface area contributed by atoms with E-state index in [0.29, 0.717) is 6.54 Å². The molecule has 1 aliphatic rings. The van der Waals surface area contributed by atoms with Crippen molar-refractivity contribution in [3.63, 3.8) is 0 Å². The Kier molecular flexibility index (Phi) is 52.4. The predicted molar refractivity (Wildman–Crippen MR) is 78.4 cm³/mol. The van der Waals surface area contributed by atoms with Crippen LogP contribution in [-0.2, 0) is 16.1 Å². The molecule has 6 N–H and O–H groups in total. The third-order valence-corrected chi connectivity index (χ3v) is 2.73. The fourth-order valence-corrected chi connectivity index (χ4v) is 1.28. The molecule has 0 saturated heterocycles. The molecule has 1 aromatic rings. The summed E-state index contributed by atoms with van der Waals surface area (Å²) in [5.41, 5.74) is 6.54. The molecule has 7 nitrogen and oxygen atoms in total. The molecule has 1 aromatic carbocycles. The van der Waals surface area contributed by atoms with Gasteiger partial charge >= 0.3 is 35.5 Å². The minimum atomic E-state index is -1.37. The standard InChI is InChI=1S/C7H9N.C4H2Cl2O3.3Ac.BHO.Na.H2O2/c8-6-7-4-2-1-3-5-7;5-1-2(6)4(8)9-3(1)7;;;;1-2;;1-2/h1-5H,6,8H2;3,7H;;;;2H;;1-2H/q;;;;;-1;+1;. The van der Waals surface area contributed by atoms with Crippen molar-refractivity contribution >= 4 is 37.2 Å². The Morgan fingerprint density at radius 2 is 1.48 bits per heavy atom. The number of rotatable bonds is 1. The molecule has 2 rings (SSSR count). The van der Waals surface area contributed by atoms with Crippen LogP contribution in [0, 0.1) is 132 Å². The fourth-order valence-electron chi connectivity index (χ4n) is 1.02. The van der Waals surface area contributed by atoms with Crippen molar-refractivity contribution in [2.24, 2.45) is 5.73 Å². The van der Waals surface area contributed by atoms with Crippen LogP contribution >= 0.6 is 23.2 Å². The van der Waals surface area contributed by atoms with Crippen LogP contribution in [0.15, 0.2) is 40.4 Å². The van der Waals surface area contributed by atoms with Gasteiger partial charge < -0.3 is 28.7 Å². The predicted octanol–water partition coefficient (Wildman–Crippen LogP) is -2.22. The van der Waals surface area contributed by atoms with Gasteiger partial charge in [0.25, 0.3) is 0 Å². The first kappa shape index (κ1) is 43.1. The molecule has 0 bridgehead atoms. The summed E-state index contributed by atoms with van der Waals surface area (Å²) in [7, 11) is 3.50. The number of carbonyl (C=O) groups excluding carboxylic acids is 1. The van der Waals surface area contributed by atoms with Crippen molar-refractivity contribution in [2.75, 3.05) is 0 Å². The number of hydrogen-bond acceptors (Lipinski definition) is 7. The summed E-state index contributed by atoms with van der Waals surface area (Å²) >= 11 is 10.5. The van der Waals surface area contributed by atoms with E-state index in [1.807, 2.05) is 30.3 Å². The first-order valence-corrected chi connectivity index (χ1v) is 5.96. The second-order valence-electron chi connectivity index (χ2n) is 3.11. The number of halogens is 2. The van der Waals surface area contributed by atoms with Crippen molar-refractivity contribution in [1.82, 2.24) is 0 Å². The molecule has 0 amide bonds. The van der Waals surface area contributed by atoms with Crippen LogP contribution in [0.25, 0.3) is 0 Å². The molecule has 126 valence electrons. The monoisotopic (exact) mass is 1040 g/mol. The van der Waals surface area contributed by atoms with Gasteiger partial charge in [-0.1, -0.05) is 53.5 Å². The fraction of sp³-hybridized carbons (Fsp3) is 0.182. The first-order valence-electron chi connectivity index (χ1n) is 5.20. The Morgan fingerprint density at radius 1 is 1.08 bits per heavy atom. The number of cyclic esters (lactones) is 1. The SMILES string of the molecule is NCc1ccccc1.O=C1OC(O)C(Cl)=C1Cl.OO.[Ac].[Ac].[Ac].[B-]O.[Na+]. The van der Waals surface area contributed by atoms with E-state index >= 15 is 0 Å². The number of hydrogen-bond donors (Lipinski definition) is 5. The molecule has 0 aromatic heterocycles. The zero-order valence-corrected chi connectivity index (χ0v) is 31.2. The topological polar surface area (TPSA) is 133 Å². The van der Waals surface area contributed by atoms with Gasteiger partial charge in [0.05, 0.1) is 0 Å². The van der Waals surface area contributed by atoms with Gasteiger partial charge in [-0.05, 0) is 5.56 Å². The minimum absolute atomic E-state index is 0. The molecule has 0 saturated carbocycles. The van der Waals surface area contributed by atoms with Gasteiger partial charge in [0.15, 0.2) is 0 Å². The third-order valence-electron chi connectivity index (χ3n) is 1.90. The average molecular weight is 1040 g/mol. The normalized spacial score (nSPS) is 13.1. The maximum absolute atomic E-state index is 10.3. The van der Waals surface area contributed by atoms with Gasteiger partial charge in [0.1, 0.15) is 10.1 Å². The first-order chi connectivity index (χ1) is 10.1. The van der Waals surface area contributed by atoms with Gasteiger partial charge in [-0.3, -0.25) is 10.5 Å². The quantitative estimate of drug-likeness (QED) is 0.0934. The molecule has 1 heterocycles. The van der Waals surface area contributed by atoms with Crippen LogP contribution in [0.5, 0.6) is 0 Å². The van der Waals surface area contributed by atoms with E-state index in [1.165, 1.54) is 5.56 Å². The number of nitrogens with two attached hydrogens (primary N) is 1. The summed E-state index contributed by atoms with van der Waals surface area (Å²) in [6, 6.07) is 9.99. The Hall–Kier alpha value is 4.20. The Balaban J connectivity index is -0.0000000532. The van der Waals surface area contributed by atoms with E-state index in [9.17, 15) is 4.79 Å². The van der Waals surface area contributed by atoms with E-state index in [1.54, 1.807) is 0 Å². The van der Waals surface area contributed by atoms with E-state index in [-0.39, 0.29) is 172 Å². The summed E-state index contributed by atoms with van der Waals surface area (Å²) in [4.78, 5) is 10.3. The van der Waals surface area contributed by atoms with Gasteiger partial charge in [0, 0.05) is 139 Å². The number of aliphatic hydroxyl groups is 1. The molecular formula is C11H14Ac3BCl2NNaO6. The summed E-state index contributed by atoms with van der Waals surface area (Å²) < 4.78 is 4.16. The summed E-state index contributed by atoms with van der Waals surface area (Å²) in [6.07, 6.45) is -1.37. The zero-order valence-electron chi connectivity index (χ0n) is 13.4. The van der Waals surface area contributed by atoms with Crippen LogP contribution in [0.4, 0.5) is 0 Å². The molecular weight excluding hydrogens is 1030 g/mol. The number of esters is 1. The van der Waals surface area contributed by atoms with E-state index in [4.69, 9.17) is 49.6 Å². The van der Waals surface area contributed by atoms with Crippen molar-refractivity contribution < 1.29 is 192 Å². The van der Waals surface area contributed by atoms with E-state index < -0.39 is 12.3 Å². The molecule has 6 radical (unpaired) electrons. The molecule has 14 heteroatoms. The largest absolute Gasteiger partial charge is 1.00 e. The van der Waals surface area contributed by atoms with Crippen LogP contribution in [-0.4, -0.2) is 41.0 Å². The molecule has 0 spiro atoms. The number of carbonyl (C=O) groups is 1. The maximum Gasteiger partial charge on any atom is 1.00 e. The smallest absolute Gasteiger partial charge is 0.715 e. The van der Waals surface area contributed by atoms with Crippen LogP contribution in [0.3, 0.4) is 0 Å². The van der Waals surface area contributed by atoms with E-state index in [2.05, 4.69) is 12.8 Å². The van der Waals surface area contributed by atoms with Gasteiger partial charge in [-0.15, -0.1) is 0 Å².